The number of hydrogen-bond donors (Lipinski definition) is 0. The number of benzene rings is 1. The Hall–Kier alpha value is -1.68. The standard InChI is InChI=1S/C12H10ClFN2O/c1-8-2-3-10(14)11(4-8)17-12-15-6-9(5-13)7-16-12/h2-4,6-7H,5H2,1H3. The molecule has 0 bridgehead atoms. The normalized spacial score (nSPS) is 10.3. The van der Waals surface area contributed by atoms with Crippen molar-refractivity contribution < 1.29 is 9.13 Å². The van der Waals surface area contributed by atoms with Crippen molar-refractivity contribution in [2.24, 2.45) is 0 Å². The molecule has 17 heavy (non-hydrogen) atoms. The highest BCUT2D eigenvalue weighted by atomic mass is 35.5. The Morgan fingerprint density at radius 1 is 1.29 bits per heavy atom. The van der Waals surface area contributed by atoms with Gasteiger partial charge in [0, 0.05) is 18.0 Å². The van der Waals surface area contributed by atoms with Crippen LogP contribution in [0.25, 0.3) is 0 Å². The van der Waals surface area contributed by atoms with Crippen molar-refractivity contribution in [1.82, 2.24) is 9.97 Å². The second-order valence-electron chi connectivity index (χ2n) is 3.54. The Labute approximate surface area is 103 Å². The van der Waals surface area contributed by atoms with E-state index in [0.717, 1.165) is 11.1 Å². The summed E-state index contributed by atoms with van der Waals surface area (Å²) in [6, 6.07) is 4.70. The minimum atomic E-state index is -0.444. The van der Waals surface area contributed by atoms with Crippen LogP contribution in [0.15, 0.2) is 30.6 Å². The Morgan fingerprint density at radius 2 is 2.00 bits per heavy atom. The molecule has 1 aromatic carbocycles. The van der Waals surface area contributed by atoms with E-state index in [9.17, 15) is 4.39 Å². The van der Waals surface area contributed by atoms with E-state index >= 15 is 0 Å². The minimum absolute atomic E-state index is 0.100. The summed E-state index contributed by atoms with van der Waals surface area (Å²) in [6.45, 7) is 1.85. The molecule has 0 spiro atoms. The molecule has 0 aliphatic heterocycles. The lowest BCUT2D eigenvalue weighted by Crippen LogP contribution is -1.95. The SMILES string of the molecule is Cc1ccc(F)c(Oc2ncc(CCl)cn2)c1. The number of aryl methyl sites for hydroxylation is 1. The predicted octanol–water partition coefficient (Wildman–Crippen LogP) is 3.46. The van der Waals surface area contributed by atoms with Crippen LogP contribution in [0.3, 0.4) is 0 Å². The first-order valence-electron chi connectivity index (χ1n) is 5.00. The first-order valence-corrected chi connectivity index (χ1v) is 5.53. The third kappa shape index (κ3) is 2.91. The molecule has 0 saturated carbocycles. The van der Waals surface area contributed by atoms with Gasteiger partial charge in [-0.3, -0.25) is 0 Å². The van der Waals surface area contributed by atoms with Crippen LogP contribution in [-0.4, -0.2) is 9.97 Å². The zero-order valence-electron chi connectivity index (χ0n) is 9.15. The van der Waals surface area contributed by atoms with E-state index in [-0.39, 0.29) is 11.8 Å². The van der Waals surface area contributed by atoms with Crippen molar-refractivity contribution in [3.8, 4) is 11.8 Å². The van der Waals surface area contributed by atoms with Crippen molar-refractivity contribution in [2.45, 2.75) is 12.8 Å². The quantitative estimate of drug-likeness (QED) is 0.785. The van der Waals surface area contributed by atoms with Crippen LogP contribution < -0.4 is 4.74 Å². The molecule has 0 aliphatic carbocycles. The van der Waals surface area contributed by atoms with Gasteiger partial charge in [0.25, 0.3) is 0 Å². The molecule has 0 N–H and O–H groups in total. The fourth-order valence-electron chi connectivity index (χ4n) is 1.25. The summed E-state index contributed by atoms with van der Waals surface area (Å²) in [5.74, 6) is 0.00302. The molecule has 0 amide bonds. The first kappa shape index (κ1) is 11.8. The summed E-state index contributed by atoms with van der Waals surface area (Å²) in [7, 11) is 0. The van der Waals surface area contributed by atoms with E-state index < -0.39 is 5.82 Å². The van der Waals surface area contributed by atoms with Gasteiger partial charge in [0.05, 0.1) is 5.88 Å². The van der Waals surface area contributed by atoms with Gasteiger partial charge in [0.1, 0.15) is 0 Å². The molecule has 0 saturated heterocycles. The average Bonchev–Trinajstić information content (AvgIpc) is 2.35. The van der Waals surface area contributed by atoms with Crippen LogP contribution in [0.4, 0.5) is 4.39 Å². The molecule has 88 valence electrons. The van der Waals surface area contributed by atoms with Gasteiger partial charge < -0.3 is 4.74 Å². The van der Waals surface area contributed by atoms with Crippen LogP contribution >= 0.6 is 11.6 Å². The number of ether oxygens (including phenoxy) is 1. The zero-order valence-corrected chi connectivity index (χ0v) is 9.91. The summed E-state index contributed by atoms with van der Waals surface area (Å²) < 4.78 is 18.6. The summed E-state index contributed by atoms with van der Waals surface area (Å²) in [5, 5.41) is 0. The van der Waals surface area contributed by atoms with Gasteiger partial charge in [0.2, 0.25) is 0 Å². The second-order valence-corrected chi connectivity index (χ2v) is 3.81. The van der Waals surface area contributed by atoms with Crippen molar-refractivity contribution in [3.63, 3.8) is 0 Å². The lowest BCUT2D eigenvalue weighted by atomic mass is 10.2. The first-order chi connectivity index (χ1) is 8.19. The largest absolute Gasteiger partial charge is 0.421 e. The summed E-state index contributed by atoms with van der Waals surface area (Å²) in [6.07, 6.45) is 3.09. The zero-order chi connectivity index (χ0) is 12.3. The third-order valence-corrected chi connectivity index (χ3v) is 2.43. The second kappa shape index (κ2) is 5.10. The van der Waals surface area contributed by atoms with Crippen molar-refractivity contribution in [2.75, 3.05) is 0 Å². The maximum absolute atomic E-state index is 13.4. The topological polar surface area (TPSA) is 35.0 Å². The summed E-state index contributed by atoms with van der Waals surface area (Å²) >= 11 is 5.60. The lowest BCUT2D eigenvalue weighted by Gasteiger charge is -2.05. The van der Waals surface area contributed by atoms with Crippen LogP contribution in [0, 0.1) is 12.7 Å². The van der Waals surface area contributed by atoms with Gasteiger partial charge >= 0.3 is 6.01 Å². The van der Waals surface area contributed by atoms with Crippen LogP contribution in [0.2, 0.25) is 0 Å². The van der Waals surface area contributed by atoms with E-state index in [2.05, 4.69) is 9.97 Å². The highest BCUT2D eigenvalue weighted by Gasteiger charge is 2.06. The maximum atomic E-state index is 13.4. The molecule has 0 unspecified atom stereocenters. The van der Waals surface area contributed by atoms with Crippen LogP contribution in [-0.2, 0) is 5.88 Å². The average molecular weight is 253 g/mol. The summed E-state index contributed by atoms with van der Waals surface area (Å²) in [4.78, 5) is 7.86. The van der Waals surface area contributed by atoms with Gasteiger partial charge in [-0.1, -0.05) is 6.07 Å². The molecule has 5 heteroatoms. The summed E-state index contributed by atoms with van der Waals surface area (Å²) in [5.41, 5.74) is 1.68. The Bertz CT molecular complexity index is 516. The smallest absolute Gasteiger partial charge is 0.321 e. The highest BCUT2D eigenvalue weighted by Crippen LogP contribution is 2.22. The number of nitrogens with zero attached hydrogens (tertiary/aromatic N) is 2. The third-order valence-electron chi connectivity index (χ3n) is 2.12. The molecular formula is C12H10ClFN2O. The Morgan fingerprint density at radius 3 is 2.65 bits per heavy atom. The predicted molar refractivity (Wildman–Crippen MR) is 62.8 cm³/mol. The monoisotopic (exact) mass is 252 g/mol. The highest BCUT2D eigenvalue weighted by molar-refractivity contribution is 6.17. The van der Waals surface area contributed by atoms with Crippen molar-refractivity contribution in [1.29, 1.82) is 0 Å². The fraction of sp³-hybridized carbons (Fsp3) is 0.167. The van der Waals surface area contributed by atoms with Gasteiger partial charge in [-0.2, -0.15) is 0 Å². The van der Waals surface area contributed by atoms with Crippen molar-refractivity contribution >= 4 is 11.6 Å². The number of rotatable bonds is 3. The van der Waals surface area contributed by atoms with Gasteiger partial charge in [0.15, 0.2) is 11.6 Å². The van der Waals surface area contributed by atoms with Gasteiger partial charge in [-0.15, -0.1) is 11.6 Å². The van der Waals surface area contributed by atoms with Crippen LogP contribution in [0.1, 0.15) is 11.1 Å². The Balaban J connectivity index is 2.22. The van der Waals surface area contributed by atoms with Gasteiger partial charge in [-0.05, 0) is 24.6 Å². The molecule has 0 fully saturated rings. The molecule has 2 rings (SSSR count). The van der Waals surface area contributed by atoms with E-state index in [1.807, 2.05) is 6.92 Å². The number of halogens is 2. The van der Waals surface area contributed by atoms with E-state index in [1.54, 1.807) is 24.5 Å². The molecule has 0 radical (unpaired) electrons. The molecule has 1 heterocycles. The van der Waals surface area contributed by atoms with Gasteiger partial charge in [-0.25, -0.2) is 14.4 Å². The minimum Gasteiger partial charge on any atom is -0.421 e. The van der Waals surface area contributed by atoms with Crippen molar-refractivity contribution in [3.05, 3.63) is 47.5 Å². The molecule has 2 aromatic rings. The van der Waals surface area contributed by atoms with E-state index in [1.165, 1.54) is 6.07 Å². The maximum Gasteiger partial charge on any atom is 0.321 e. The molecule has 0 atom stereocenters. The number of aromatic nitrogens is 2. The number of alkyl halides is 1. The lowest BCUT2D eigenvalue weighted by molar-refractivity contribution is 0.410. The molecule has 1 aromatic heterocycles. The van der Waals surface area contributed by atoms with E-state index in [0.29, 0.717) is 5.88 Å². The van der Waals surface area contributed by atoms with E-state index in [4.69, 9.17) is 16.3 Å². The molecule has 0 aliphatic rings. The van der Waals surface area contributed by atoms with Crippen LogP contribution in [0.5, 0.6) is 11.8 Å². The fourth-order valence-corrected chi connectivity index (χ4v) is 1.39. The molecule has 3 nitrogen and oxygen atoms in total. The Kier molecular flexibility index (Phi) is 3.54. The molecular weight excluding hydrogens is 243 g/mol. The number of hydrogen-bond acceptors (Lipinski definition) is 3.